The van der Waals surface area contributed by atoms with Gasteiger partial charge in [0.25, 0.3) is 0 Å². The second kappa shape index (κ2) is 8.57. The van der Waals surface area contributed by atoms with Crippen LogP contribution < -0.4 is 0 Å². The third-order valence-electron chi connectivity index (χ3n) is 3.40. The highest BCUT2D eigenvalue weighted by molar-refractivity contribution is 5.66. The number of hydrogen-bond acceptors (Lipinski definition) is 2. The van der Waals surface area contributed by atoms with E-state index in [-0.39, 0.29) is 6.42 Å². The van der Waals surface area contributed by atoms with Crippen molar-refractivity contribution in [3.8, 4) is 0 Å². The van der Waals surface area contributed by atoms with E-state index >= 15 is 0 Å². The molecular weight excluding hydrogens is 240 g/mol. The van der Waals surface area contributed by atoms with E-state index in [1.807, 2.05) is 25.2 Å². The van der Waals surface area contributed by atoms with Crippen molar-refractivity contribution in [2.45, 2.75) is 58.3 Å². The van der Waals surface area contributed by atoms with Crippen molar-refractivity contribution < 1.29 is 15.0 Å². The molecule has 0 aromatic carbocycles. The van der Waals surface area contributed by atoms with E-state index in [0.29, 0.717) is 5.76 Å². The maximum atomic E-state index is 10.3. The van der Waals surface area contributed by atoms with E-state index in [1.165, 1.54) is 0 Å². The lowest BCUT2D eigenvalue weighted by Gasteiger charge is -2.05. The summed E-state index contributed by atoms with van der Waals surface area (Å²) in [7, 11) is 0. The van der Waals surface area contributed by atoms with Crippen LogP contribution in [0.4, 0.5) is 0 Å². The fraction of sp³-hybridized carbons (Fsp3) is 0.562. The Labute approximate surface area is 115 Å². The molecule has 0 aromatic heterocycles. The zero-order valence-corrected chi connectivity index (χ0v) is 11.7. The molecule has 0 aromatic rings. The molecule has 1 aliphatic rings. The normalized spacial score (nSPS) is 16.6. The highest BCUT2D eigenvalue weighted by Gasteiger charge is 2.07. The lowest BCUT2D eigenvalue weighted by Crippen LogP contribution is -1.93. The third-order valence-corrected chi connectivity index (χ3v) is 3.40. The summed E-state index contributed by atoms with van der Waals surface area (Å²) in [5.74, 6) is -0.210. The molecule has 1 rings (SSSR count). The molecular formula is C16H24O3. The summed E-state index contributed by atoms with van der Waals surface area (Å²) in [4.78, 5) is 10.3. The van der Waals surface area contributed by atoms with Crippen LogP contribution in [-0.2, 0) is 4.79 Å². The Bertz CT molecular complexity index is 389. The summed E-state index contributed by atoms with van der Waals surface area (Å²) in [6.45, 7) is 2.01. The first-order valence-corrected chi connectivity index (χ1v) is 7.10. The first-order valence-electron chi connectivity index (χ1n) is 7.10. The van der Waals surface area contributed by atoms with Crippen molar-refractivity contribution in [2.75, 3.05) is 0 Å². The summed E-state index contributed by atoms with van der Waals surface area (Å²) in [6, 6.07) is 0. The molecule has 19 heavy (non-hydrogen) atoms. The fourth-order valence-electron chi connectivity index (χ4n) is 2.24. The molecule has 0 radical (unpaired) electrons. The van der Waals surface area contributed by atoms with Gasteiger partial charge in [0.2, 0.25) is 0 Å². The molecule has 2 N–H and O–H groups in total. The molecule has 1 aliphatic carbocycles. The summed E-state index contributed by atoms with van der Waals surface area (Å²) in [6.07, 6.45) is 13.0. The van der Waals surface area contributed by atoms with Crippen LogP contribution in [0, 0.1) is 0 Å². The van der Waals surface area contributed by atoms with Crippen LogP contribution in [0.1, 0.15) is 58.3 Å². The lowest BCUT2D eigenvalue weighted by molar-refractivity contribution is -0.137. The molecule has 0 spiro atoms. The van der Waals surface area contributed by atoms with Gasteiger partial charge in [-0.05, 0) is 25.3 Å². The van der Waals surface area contributed by atoms with Gasteiger partial charge in [-0.2, -0.15) is 0 Å². The topological polar surface area (TPSA) is 57.5 Å². The average Bonchev–Trinajstić information content (AvgIpc) is 2.78. The van der Waals surface area contributed by atoms with Gasteiger partial charge in [-0.25, -0.2) is 0 Å². The van der Waals surface area contributed by atoms with Crippen LogP contribution >= 0.6 is 0 Å². The Morgan fingerprint density at radius 1 is 1.00 bits per heavy atom. The maximum Gasteiger partial charge on any atom is 0.303 e. The Morgan fingerprint density at radius 2 is 1.58 bits per heavy atom. The predicted octanol–water partition coefficient (Wildman–Crippen LogP) is 4.52. The number of rotatable bonds is 9. The molecule has 0 fully saturated rings. The Hall–Kier alpha value is -1.51. The molecule has 0 heterocycles. The monoisotopic (exact) mass is 264 g/mol. The Balaban J connectivity index is 2.04. The highest BCUT2D eigenvalue weighted by atomic mass is 16.4. The van der Waals surface area contributed by atoms with Crippen molar-refractivity contribution in [3.05, 3.63) is 35.1 Å². The van der Waals surface area contributed by atoms with Gasteiger partial charge >= 0.3 is 5.97 Å². The van der Waals surface area contributed by atoms with Crippen molar-refractivity contribution in [1.29, 1.82) is 0 Å². The summed E-state index contributed by atoms with van der Waals surface area (Å²) >= 11 is 0. The third kappa shape index (κ3) is 6.27. The van der Waals surface area contributed by atoms with E-state index in [9.17, 15) is 9.90 Å². The van der Waals surface area contributed by atoms with Gasteiger partial charge in [0.05, 0.1) is 5.76 Å². The molecule has 3 heteroatoms. The Kier molecular flexibility index (Phi) is 7.01. The van der Waals surface area contributed by atoms with Gasteiger partial charge in [0.1, 0.15) is 0 Å². The number of carboxylic acids is 1. The number of hydrogen-bond donors (Lipinski definition) is 2. The molecule has 0 unspecified atom stereocenters. The molecule has 0 atom stereocenters. The van der Waals surface area contributed by atoms with Crippen LogP contribution in [-0.4, -0.2) is 16.2 Å². The Morgan fingerprint density at radius 3 is 2.11 bits per heavy atom. The first-order chi connectivity index (χ1) is 9.11. The molecule has 3 nitrogen and oxygen atoms in total. The van der Waals surface area contributed by atoms with E-state index < -0.39 is 5.97 Å². The minimum absolute atomic E-state index is 0.283. The van der Waals surface area contributed by atoms with Crippen molar-refractivity contribution in [2.24, 2.45) is 0 Å². The second-order valence-electron chi connectivity index (χ2n) is 5.08. The lowest BCUT2D eigenvalue weighted by atomic mass is 10.0. The van der Waals surface area contributed by atoms with Crippen LogP contribution in [0.3, 0.4) is 0 Å². The van der Waals surface area contributed by atoms with Crippen molar-refractivity contribution >= 4 is 5.97 Å². The van der Waals surface area contributed by atoms with Gasteiger partial charge in [-0.3, -0.25) is 4.79 Å². The van der Waals surface area contributed by atoms with Gasteiger partial charge in [0, 0.05) is 18.4 Å². The summed E-state index contributed by atoms with van der Waals surface area (Å²) in [5, 5.41) is 18.4. The number of aliphatic hydroxyl groups excluding tert-OH is 1. The van der Waals surface area contributed by atoms with Crippen LogP contribution in [0.2, 0.25) is 0 Å². The quantitative estimate of drug-likeness (QED) is 0.475. The largest absolute Gasteiger partial charge is 0.512 e. The van der Waals surface area contributed by atoms with Gasteiger partial charge in [-0.1, -0.05) is 43.9 Å². The van der Waals surface area contributed by atoms with Crippen LogP contribution in [0.25, 0.3) is 0 Å². The van der Waals surface area contributed by atoms with Crippen LogP contribution in [0.5, 0.6) is 0 Å². The number of carbonyl (C=O) groups is 1. The fourth-order valence-corrected chi connectivity index (χ4v) is 2.24. The van der Waals surface area contributed by atoms with Crippen molar-refractivity contribution in [1.82, 2.24) is 0 Å². The average molecular weight is 264 g/mol. The van der Waals surface area contributed by atoms with E-state index in [0.717, 1.165) is 56.1 Å². The standard InChI is InChI=1S/C16H24O3/c1-13-9-8-10-14(13)15(17)11-6-4-2-3-5-7-12-16(18)19/h8-10,17H,2-7,11-12H2,1H3,(H,18,19). The number of allylic oxidation sites excluding steroid dienone is 6. The minimum atomic E-state index is -0.704. The molecule has 0 saturated carbocycles. The van der Waals surface area contributed by atoms with Crippen LogP contribution in [0.15, 0.2) is 35.1 Å². The van der Waals surface area contributed by atoms with Gasteiger partial charge in [-0.15, -0.1) is 0 Å². The number of unbranched alkanes of at least 4 members (excludes halogenated alkanes) is 5. The van der Waals surface area contributed by atoms with Gasteiger partial charge < -0.3 is 10.2 Å². The molecule has 0 saturated heterocycles. The highest BCUT2D eigenvalue weighted by Crippen LogP contribution is 2.23. The zero-order valence-electron chi connectivity index (χ0n) is 11.7. The van der Waals surface area contributed by atoms with Gasteiger partial charge in [0.15, 0.2) is 0 Å². The number of carboxylic acid groups (broad SMARTS) is 1. The van der Waals surface area contributed by atoms with E-state index in [2.05, 4.69) is 0 Å². The molecule has 0 aliphatic heterocycles. The molecule has 0 amide bonds. The SMILES string of the molecule is CC1=CC=CC1=C(O)CCCCCCCCC(=O)O. The smallest absolute Gasteiger partial charge is 0.303 e. The van der Waals surface area contributed by atoms with E-state index in [1.54, 1.807) is 0 Å². The zero-order chi connectivity index (χ0) is 14.1. The second-order valence-corrected chi connectivity index (χ2v) is 5.08. The van der Waals surface area contributed by atoms with Crippen molar-refractivity contribution in [3.63, 3.8) is 0 Å². The van der Waals surface area contributed by atoms with E-state index in [4.69, 9.17) is 5.11 Å². The maximum absolute atomic E-state index is 10.3. The molecule has 0 bridgehead atoms. The molecule has 106 valence electrons. The first kappa shape index (κ1) is 15.5. The number of aliphatic carboxylic acids is 1. The predicted molar refractivity (Wildman–Crippen MR) is 77.1 cm³/mol. The number of aliphatic hydroxyl groups is 1. The summed E-state index contributed by atoms with van der Waals surface area (Å²) in [5.41, 5.74) is 2.10. The minimum Gasteiger partial charge on any atom is -0.512 e. The summed E-state index contributed by atoms with van der Waals surface area (Å²) < 4.78 is 0.